The molecule has 1 aliphatic heterocycles. The van der Waals surface area contributed by atoms with E-state index in [1.54, 1.807) is 33.4 Å². The van der Waals surface area contributed by atoms with Gasteiger partial charge < -0.3 is 24.8 Å². The van der Waals surface area contributed by atoms with Crippen molar-refractivity contribution < 1.29 is 45.1 Å². The van der Waals surface area contributed by atoms with Crippen LogP contribution in [0.4, 0.5) is 0 Å². The van der Waals surface area contributed by atoms with E-state index in [-0.39, 0.29) is 24.8 Å². The van der Waals surface area contributed by atoms with Crippen LogP contribution in [-0.4, -0.2) is 0 Å². The number of allylic oxidation sites excluding steroid dienone is 2. The fraction of sp³-hybridized carbons (Fsp3) is 0.333. The van der Waals surface area contributed by atoms with Crippen LogP contribution in [0.3, 0.4) is 0 Å². The van der Waals surface area contributed by atoms with Crippen molar-refractivity contribution in [2.24, 2.45) is 0 Å². The van der Waals surface area contributed by atoms with Crippen LogP contribution in [0, 0.1) is 0 Å². The van der Waals surface area contributed by atoms with E-state index in [2.05, 4.69) is 123 Å². The number of fused-ring (bicyclic) bond motifs is 3. The van der Waals surface area contributed by atoms with Crippen molar-refractivity contribution in [3.8, 4) is 22.3 Å². The van der Waals surface area contributed by atoms with Crippen LogP contribution in [0.15, 0.2) is 108 Å². The number of rotatable bonds is 8. The number of hydrogen-bond acceptors (Lipinski definition) is 0. The van der Waals surface area contributed by atoms with Crippen LogP contribution in [0.2, 0.25) is 7.25 Å². The summed E-state index contributed by atoms with van der Waals surface area (Å²) in [5.41, 5.74) is 15.8. The van der Waals surface area contributed by atoms with Gasteiger partial charge in [-0.05, 0) is 0 Å². The van der Waals surface area contributed by atoms with Crippen LogP contribution in [0.1, 0.15) is 94.7 Å². The summed E-state index contributed by atoms with van der Waals surface area (Å²) in [5, 5.41) is 0. The largest absolute Gasteiger partial charge is 1.00 e. The van der Waals surface area contributed by atoms with Crippen molar-refractivity contribution in [1.82, 2.24) is 0 Å². The minimum absolute atomic E-state index is 0. The van der Waals surface area contributed by atoms with Crippen LogP contribution < -0.4 is 24.8 Å². The maximum atomic E-state index is 2.70. The second-order valence-corrected chi connectivity index (χ2v) is 25.1. The molecule has 0 nitrogen and oxygen atoms in total. The SMILES string of the molecule is CCCC1=Cc2c(-c3ccccc3)cccc2[CH]1[Zr+2]1([CH]2C(CCC)=Cc3c(-c4ccccc4)cccc32)[CH]2CCCC[CH]21.[Cl-].[Cl-]. The Bertz CT molecular complexity index is 1590. The molecule has 1 saturated heterocycles. The first-order valence-corrected chi connectivity index (χ1v) is 22.7. The first-order valence-electron chi connectivity index (χ1n) is 17.0. The predicted molar refractivity (Wildman–Crippen MR) is 181 cm³/mol. The standard InChI is InChI=1S/2C18H17.C6H10.2ClH.Zr/c2*1-2-7-14-12-16-10-6-11-17(18(16)13-14)15-8-4-3-5-9-15;1-2-4-6-5-3-1;;;/h2*3-6,8-13H,2,7H2,1H3;1-2H,3-6H2;2*1H;/q;;;;;+2/p-2. The van der Waals surface area contributed by atoms with E-state index in [1.807, 2.05) is 0 Å². The van der Waals surface area contributed by atoms with Gasteiger partial charge in [-0.1, -0.05) is 0 Å². The van der Waals surface area contributed by atoms with Crippen LogP contribution >= 0.6 is 0 Å². The average molecular weight is 711 g/mol. The summed E-state index contributed by atoms with van der Waals surface area (Å²) in [4.78, 5) is 0. The molecule has 4 atom stereocenters. The minimum atomic E-state index is -2.97. The van der Waals surface area contributed by atoms with E-state index in [0.717, 1.165) is 14.5 Å². The molecule has 2 fully saturated rings. The number of benzene rings is 4. The topological polar surface area (TPSA) is 0 Å². The molecule has 8 rings (SSSR count). The molecule has 4 aliphatic rings. The molecule has 45 heavy (non-hydrogen) atoms. The van der Waals surface area contributed by atoms with Gasteiger partial charge in [0.2, 0.25) is 0 Å². The molecule has 3 heteroatoms. The minimum Gasteiger partial charge on any atom is -1.00 e. The third kappa shape index (κ3) is 5.21. The Kier molecular flexibility index (Phi) is 9.83. The summed E-state index contributed by atoms with van der Waals surface area (Å²) in [6.07, 6.45) is 16.3. The second kappa shape index (κ2) is 13.5. The Morgan fingerprint density at radius 2 is 0.956 bits per heavy atom. The molecule has 1 saturated carbocycles. The quantitative estimate of drug-likeness (QED) is 0.196. The summed E-state index contributed by atoms with van der Waals surface area (Å²) in [5.74, 6) is 0. The van der Waals surface area contributed by atoms with Crippen LogP contribution in [-0.2, 0) is 20.3 Å². The van der Waals surface area contributed by atoms with E-state index >= 15 is 0 Å². The first kappa shape index (κ1) is 32.8. The van der Waals surface area contributed by atoms with Gasteiger partial charge >= 0.3 is 265 Å². The molecular weight excluding hydrogens is 667 g/mol. The normalized spacial score (nSPS) is 24.1. The van der Waals surface area contributed by atoms with Gasteiger partial charge in [-0.25, -0.2) is 0 Å². The Morgan fingerprint density at radius 3 is 1.36 bits per heavy atom. The number of hydrogen-bond donors (Lipinski definition) is 0. The van der Waals surface area contributed by atoms with E-state index in [9.17, 15) is 0 Å². The van der Waals surface area contributed by atoms with Gasteiger partial charge in [-0.3, -0.25) is 0 Å². The monoisotopic (exact) mass is 708 g/mol. The maximum absolute atomic E-state index is 2.97. The number of halogens is 2. The van der Waals surface area contributed by atoms with Crippen LogP contribution in [0.25, 0.3) is 34.4 Å². The Morgan fingerprint density at radius 1 is 0.533 bits per heavy atom. The van der Waals surface area contributed by atoms with Gasteiger partial charge in [0.1, 0.15) is 0 Å². The zero-order valence-corrected chi connectivity index (χ0v) is 30.6. The average Bonchev–Trinajstić information content (AvgIpc) is 3.33. The van der Waals surface area contributed by atoms with Crippen LogP contribution in [0.5, 0.6) is 0 Å². The van der Waals surface area contributed by atoms with Gasteiger partial charge in [-0.15, -0.1) is 0 Å². The molecule has 0 bridgehead atoms. The summed E-state index contributed by atoms with van der Waals surface area (Å²) >= 11 is -2.97. The molecule has 230 valence electrons. The summed E-state index contributed by atoms with van der Waals surface area (Å²) in [6.45, 7) is 4.81. The summed E-state index contributed by atoms with van der Waals surface area (Å²) in [6, 6.07) is 37.0. The summed E-state index contributed by atoms with van der Waals surface area (Å²) in [7, 11) is 0. The van der Waals surface area contributed by atoms with Crippen molar-refractivity contribution in [2.75, 3.05) is 0 Å². The first-order chi connectivity index (χ1) is 21.3. The molecule has 3 aliphatic carbocycles. The predicted octanol–water partition coefficient (Wildman–Crippen LogP) is 6.52. The molecule has 4 aromatic rings. The molecule has 1 heterocycles. The zero-order chi connectivity index (χ0) is 29.0. The van der Waals surface area contributed by atoms with Crippen molar-refractivity contribution >= 4 is 12.2 Å². The third-order valence-corrected chi connectivity index (χ3v) is 28.5. The van der Waals surface area contributed by atoms with Gasteiger partial charge in [0.25, 0.3) is 0 Å². The molecule has 0 N–H and O–H groups in total. The zero-order valence-electron chi connectivity index (χ0n) is 26.6. The Balaban J connectivity index is 0.00000179. The fourth-order valence-electron chi connectivity index (χ4n) is 10.1. The molecule has 0 spiro atoms. The van der Waals surface area contributed by atoms with E-state index < -0.39 is 20.3 Å². The summed E-state index contributed by atoms with van der Waals surface area (Å²) < 4.78 is 3.49. The molecule has 4 unspecified atom stereocenters. The van der Waals surface area contributed by atoms with E-state index in [0.29, 0.717) is 0 Å². The van der Waals surface area contributed by atoms with Gasteiger partial charge in [0.05, 0.1) is 0 Å². The molecule has 0 aromatic heterocycles. The Hall–Kier alpha value is -2.18. The van der Waals surface area contributed by atoms with Crippen molar-refractivity contribution in [2.45, 2.75) is 79.7 Å². The van der Waals surface area contributed by atoms with E-state index in [4.69, 9.17) is 0 Å². The molecular formula is C42H44Cl2Zr. The molecule has 0 radical (unpaired) electrons. The smallest absolute Gasteiger partial charge is 1.00 e. The van der Waals surface area contributed by atoms with Gasteiger partial charge in [0, 0.05) is 0 Å². The molecule has 0 amide bonds. The van der Waals surface area contributed by atoms with Crippen molar-refractivity contribution in [3.05, 3.63) is 130 Å². The maximum Gasteiger partial charge on any atom is -1.00 e. The van der Waals surface area contributed by atoms with Crippen molar-refractivity contribution in [3.63, 3.8) is 0 Å². The van der Waals surface area contributed by atoms with Gasteiger partial charge in [0.15, 0.2) is 0 Å². The second-order valence-electron chi connectivity index (χ2n) is 13.7. The molecule has 4 aromatic carbocycles. The van der Waals surface area contributed by atoms with E-state index in [1.165, 1.54) is 73.6 Å². The third-order valence-electron chi connectivity index (χ3n) is 11.5. The van der Waals surface area contributed by atoms with Gasteiger partial charge in [-0.2, -0.15) is 0 Å². The fourth-order valence-corrected chi connectivity index (χ4v) is 33.3. The Labute approximate surface area is 287 Å². The van der Waals surface area contributed by atoms with Crippen molar-refractivity contribution in [1.29, 1.82) is 0 Å².